The van der Waals surface area contributed by atoms with Gasteiger partial charge < -0.3 is 10.1 Å². The van der Waals surface area contributed by atoms with Gasteiger partial charge in [-0.05, 0) is 66.3 Å². The molecule has 0 unspecified atom stereocenters. The number of hydrogen-bond acceptors (Lipinski definition) is 4. The molecule has 0 aliphatic rings. The lowest BCUT2D eigenvalue weighted by Crippen LogP contribution is -2.10. The highest BCUT2D eigenvalue weighted by Crippen LogP contribution is 2.27. The Morgan fingerprint density at radius 2 is 2.10 bits per heavy atom. The van der Waals surface area contributed by atoms with E-state index in [0.29, 0.717) is 22.0 Å². The Bertz CT molecular complexity index is 681. The third-order valence-corrected chi connectivity index (χ3v) is 4.51. The van der Waals surface area contributed by atoms with Crippen LogP contribution in [0.1, 0.15) is 32.5 Å². The van der Waals surface area contributed by atoms with E-state index in [1.807, 2.05) is 25.1 Å². The third kappa shape index (κ3) is 4.04. The van der Waals surface area contributed by atoms with Crippen LogP contribution in [0.2, 0.25) is 0 Å². The number of carbonyl (C=O) groups is 2. The number of anilines is 1. The molecule has 6 heteroatoms. The summed E-state index contributed by atoms with van der Waals surface area (Å²) in [4.78, 5) is 24.4. The summed E-state index contributed by atoms with van der Waals surface area (Å²) in [6.07, 6.45) is 0. The second-order valence-corrected chi connectivity index (χ2v) is 6.61. The molecular weight excluding hydrogens is 401 g/mol. The number of halogens is 1. The Morgan fingerprint density at radius 3 is 2.76 bits per heavy atom. The number of amides is 1. The maximum Gasteiger partial charge on any atom is 0.348 e. The van der Waals surface area contributed by atoms with Crippen LogP contribution in [0.4, 0.5) is 5.00 Å². The lowest BCUT2D eigenvalue weighted by Gasteiger charge is -2.02. The van der Waals surface area contributed by atoms with Gasteiger partial charge in [0.15, 0.2) is 0 Å². The van der Waals surface area contributed by atoms with Crippen LogP contribution in [0, 0.1) is 10.5 Å². The van der Waals surface area contributed by atoms with Crippen molar-refractivity contribution >= 4 is 50.8 Å². The number of aryl methyl sites for hydroxylation is 1. The van der Waals surface area contributed by atoms with Gasteiger partial charge >= 0.3 is 5.97 Å². The maximum atomic E-state index is 12.2. The van der Waals surface area contributed by atoms with Crippen molar-refractivity contribution in [1.82, 2.24) is 0 Å². The minimum Gasteiger partial charge on any atom is -0.462 e. The molecule has 0 saturated carbocycles. The molecule has 0 fully saturated rings. The first kappa shape index (κ1) is 16.0. The number of rotatable bonds is 4. The zero-order valence-electron chi connectivity index (χ0n) is 11.6. The van der Waals surface area contributed by atoms with Gasteiger partial charge in [0.1, 0.15) is 4.88 Å². The molecule has 0 spiro atoms. The zero-order valence-corrected chi connectivity index (χ0v) is 14.6. The van der Waals surface area contributed by atoms with Crippen LogP contribution in [0.5, 0.6) is 0 Å². The van der Waals surface area contributed by atoms with Crippen molar-refractivity contribution in [1.29, 1.82) is 0 Å². The summed E-state index contributed by atoms with van der Waals surface area (Å²) >= 11 is 3.38. The van der Waals surface area contributed by atoms with Crippen LogP contribution in [0.25, 0.3) is 0 Å². The molecule has 0 aliphatic heterocycles. The van der Waals surface area contributed by atoms with Crippen LogP contribution < -0.4 is 5.32 Å². The van der Waals surface area contributed by atoms with Crippen LogP contribution in [0.15, 0.2) is 30.3 Å². The molecule has 1 N–H and O–H groups in total. The fraction of sp³-hybridized carbons (Fsp3) is 0.200. The number of thiophene rings is 1. The second-order valence-electron chi connectivity index (χ2n) is 4.31. The highest BCUT2D eigenvalue weighted by molar-refractivity contribution is 14.1. The molecule has 1 heterocycles. The molecule has 0 saturated heterocycles. The lowest BCUT2D eigenvalue weighted by molar-refractivity contribution is 0.0531. The Hall–Kier alpha value is -1.41. The van der Waals surface area contributed by atoms with Crippen LogP contribution in [-0.4, -0.2) is 18.5 Å². The fourth-order valence-corrected chi connectivity index (χ4v) is 3.26. The standard InChI is InChI=1S/C15H14INO3S/c1-3-20-15(19)13-9(2)7-12(21-13)17-14(18)10-5-4-6-11(16)8-10/h4-8H,3H2,1-2H3,(H,17,18). The Balaban J connectivity index is 2.15. The highest BCUT2D eigenvalue weighted by Gasteiger charge is 2.16. The largest absolute Gasteiger partial charge is 0.462 e. The van der Waals surface area contributed by atoms with Gasteiger partial charge in [-0.1, -0.05) is 6.07 Å². The maximum absolute atomic E-state index is 12.2. The molecule has 2 rings (SSSR count). The van der Waals surface area contributed by atoms with Gasteiger partial charge in [-0.2, -0.15) is 0 Å². The molecule has 2 aromatic rings. The van der Waals surface area contributed by atoms with Crippen LogP contribution >= 0.6 is 33.9 Å². The van der Waals surface area contributed by atoms with Crippen molar-refractivity contribution in [2.45, 2.75) is 13.8 Å². The van der Waals surface area contributed by atoms with Crippen LogP contribution in [-0.2, 0) is 4.74 Å². The molecule has 21 heavy (non-hydrogen) atoms. The van der Waals surface area contributed by atoms with Gasteiger partial charge in [0.2, 0.25) is 0 Å². The van der Waals surface area contributed by atoms with Gasteiger partial charge in [0.25, 0.3) is 5.91 Å². The van der Waals surface area contributed by atoms with E-state index in [1.54, 1.807) is 19.1 Å². The van der Waals surface area contributed by atoms with Crippen molar-refractivity contribution < 1.29 is 14.3 Å². The summed E-state index contributed by atoms with van der Waals surface area (Å²) in [5, 5.41) is 3.45. The lowest BCUT2D eigenvalue weighted by atomic mass is 10.2. The Kier molecular flexibility index (Phi) is 5.35. The first-order valence-corrected chi connectivity index (χ1v) is 8.25. The molecule has 4 nitrogen and oxygen atoms in total. The van der Waals surface area contributed by atoms with E-state index in [0.717, 1.165) is 9.13 Å². The molecule has 110 valence electrons. The monoisotopic (exact) mass is 415 g/mol. The SMILES string of the molecule is CCOC(=O)c1sc(NC(=O)c2cccc(I)c2)cc1C. The van der Waals surface area contributed by atoms with Gasteiger partial charge in [-0.15, -0.1) is 11.3 Å². The van der Waals surface area contributed by atoms with E-state index in [2.05, 4.69) is 27.9 Å². The molecule has 0 aliphatic carbocycles. The molecule has 0 atom stereocenters. The van der Waals surface area contributed by atoms with E-state index in [-0.39, 0.29) is 11.9 Å². The average Bonchev–Trinajstić information content (AvgIpc) is 2.80. The normalized spacial score (nSPS) is 10.2. The first-order chi connectivity index (χ1) is 10.0. The van der Waals surface area contributed by atoms with Crippen molar-refractivity contribution in [2.75, 3.05) is 11.9 Å². The summed E-state index contributed by atoms with van der Waals surface area (Å²) in [5.74, 6) is -0.542. The number of hydrogen-bond donors (Lipinski definition) is 1. The predicted molar refractivity (Wildman–Crippen MR) is 92.1 cm³/mol. The number of carbonyl (C=O) groups excluding carboxylic acids is 2. The van der Waals surface area contributed by atoms with Crippen molar-refractivity contribution in [3.05, 3.63) is 49.9 Å². The molecular formula is C15H14INO3S. The van der Waals surface area contributed by atoms with E-state index >= 15 is 0 Å². The summed E-state index contributed by atoms with van der Waals surface area (Å²) in [6, 6.07) is 9.10. The molecule has 1 aromatic carbocycles. The van der Waals surface area contributed by atoms with Crippen LogP contribution in [0.3, 0.4) is 0 Å². The predicted octanol–water partition coefficient (Wildman–Crippen LogP) is 4.09. The number of nitrogens with one attached hydrogen (secondary N) is 1. The Labute approximate surface area is 140 Å². The van der Waals surface area contributed by atoms with Gasteiger partial charge in [-0.25, -0.2) is 4.79 Å². The summed E-state index contributed by atoms with van der Waals surface area (Å²) in [6.45, 7) is 3.92. The van der Waals surface area contributed by atoms with Crippen molar-refractivity contribution in [3.63, 3.8) is 0 Å². The second kappa shape index (κ2) is 7.04. The van der Waals surface area contributed by atoms with E-state index in [1.165, 1.54) is 11.3 Å². The minimum absolute atomic E-state index is 0.190. The smallest absolute Gasteiger partial charge is 0.348 e. The van der Waals surface area contributed by atoms with Crippen molar-refractivity contribution in [3.8, 4) is 0 Å². The first-order valence-electron chi connectivity index (χ1n) is 6.35. The number of ether oxygens (including phenoxy) is 1. The highest BCUT2D eigenvalue weighted by atomic mass is 127. The van der Waals surface area contributed by atoms with Crippen molar-refractivity contribution in [2.24, 2.45) is 0 Å². The molecule has 0 bridgehead atoms. The molecule has 1 amide bonds. The van der Waals surface area contributed by atoms with E-state index < -0.39 is 0 Å². The van der Waals surface area contributed by atoms with Gasteiger partial charge in [-0.3, -0.25) is 4.79 Å². The summed E-state index contributed by atoms with van der Waals surface area (Å²) < 4.78 is 5.98. The third-order valence-electron chi connectivity index (χ3n) is 2.70. The van der Waals surface area contributed by atoms with E-state index in [4.69, 9.17) is 4.74 Å². The van der Waals surface area contributed by atoms with Gasteiger partial charge in [0, 0.05) is 9.13 Å². The molecule has 0 radical (unpaired) electrons. The molecule has 1 aromatic heterocycles. The summed E-state index contributed by atoms with van der Waals surface area (Å²) in [7, 11) is 0. The van der Waals surface area contributed by atoms with E-state index in [9.17, 15) is 9.59 Å². The van der Waals surface area contributed by atoms with Gasteiger partial charge in [0.05, 0.1) is 11.6 Å². The topological polar surface area (TPSA) is 55.4 Å². The number of benzene rings is 1. The summed E-state index contributed by atoms with van der Waals surface area (Å²) in [5.41, 5.74) is 1.39. The quantitative estimate of drug-likeness (QED) is 0.605. The Morgan fingerprint density at radius 1 is 1.33 bits per heavy atom. The minimum atomic E-state index is -0.352. The number of esters is 1. The fourth-order valence-electron chi connectivity index (χ4n) is 1.76. The average molecular weight is 415 g/mol. The zero-order chi connectivity index (χ0) is 15.4.